The van der Waals surface area contributed by atoms with E-state index in [2.05, 4.69) is 0 Å². The van der Waals surface area contributed by atoms with Crippen LogP contribution in [0.25, 0.3) is 0 Å². The second kappa shape index (κ2) is 4.15. The third-order valence-corrected chi connectivity index (χ3v) is 5.16. The van der Waals surface area contributed by atoms with E-state index < -0.39 is 20.0 Å². The Morgan fingerprint density at radius 2 is 1.76 bits per heavy atom. The maximum atomic E-state index is 11.7. The smallest absolute Gasteiger partial charge is 0.336 e. The Morgan fingerprint density at radius 1 is 1.12 bits per heavy atom. The molecule has 1 aliphatic heterocycles. The first kappa shape index (κ1) is 12.1. The lowest BCUT2D eigenvalue weighted by atomic mass is 10.3. The Morgan fingerprint density at radius 3 is 2.29 bits per heavy atom. The highest BCUT2D eigenvalue weighted by molar-refractivity contribution is 7.97. The van der Waals surface area contributed by atoms with Gasteiger partial charge in [-0.15, -0.1) is 0 Å². The first-order valence-corrected chi connectivity index (χ1v) is 7.94. The number of allylic oxidation sites excluding steroid dienone is 1. The van der Waals surface area contributed by atoms with Gasteiger partial charge in [0.2, 0.25) is 0 Å². The third-order valence-electron chi connectivity index (χ3n) is 2.21. The molecule has 0 aromatic heterocycles. The Balaban J connectivity index is 2.28. The number of hydrogen-bond acceptors (Lipinski definition) is 5. The van der Waals surface area contributed by atoms with Crippen molar-refractivity contribution in [1.82, 2.24) is 0 Å². The molecule has 0 amide bonds. The van der Waals surface area contributed by atoms with Gasteiger partial charge < -0.3 is 4.18 Å². The highest BCUT2D eigenvalue weighted by atomic mass is 32.2. The average Bonchev–Trinajstić information content (AvgIpc) is 2.60. The molecule has 0 atom stereocenters. The first-order valence-electron chi connectivity index (χ1n) is 4.82. The summed E-state index contributed by atoms with van der Waals surface area (Å²) in [7, 11) is -7.39. The minimum absolute atomic E-state index is 0.0303. The van der Waals surface area contributed by atoms with E-state index in [0.717, 1.165) is 5.41 Å². The summed E-state index contributed by atoms with van der Waals surface area (Å²) < 4.78 is 50.6. The molecule has 0 saturated carbocycles. The number of benzene rings is 1. The van der Waals surface area contributed by atoms with Gasteiger partial charge in [0.1, 0.15) is 5.75 Å². The van der Waals surface area contributed by atoms with Crippen LogP contribution in [0.15, 0.2) is 40.6 Å². The van der Waals surface area contributed by atoms with Gasteiger partial charge in [-0.2, -0.15) is 8.42 Å². The molecule has 5 nitrogen and oxygen atoms in total. The van der Waals surface area contributed by atoms with Crippen molar-refractivity contribution in [2.75, 3.05) is 5.75 Å². The van der Waals surface area contributed by atoms with Gasteiger partial charge in [-0.1, -0.05) is 18.2 Å². The highest BCUT2D eigenvalue weighted by Crippen LogP contribution is 2.24. The Bertz CT molecular complexity index is 641. The van der Waals surface area contributed by atoms with Crippen LogP contribution in [-0.2, 0) is 20.0 Å². The SMILES string of the molecule is O=S1(=O)C=C(S(=O)(=O)Oc2ccccc2)CC1. The lowest BCUT2D eigenvalue weighted by Gasteiger charge is -2.06. The Kier molecular flexibility index (Phi) is 2.96. The quantitative estimate of drug-likeness (QED) is 0.770. The van der Waals surface area contributed by atoms with Gasteiger partial charge in [0.05, 0.1) is 10.7 Å². The first-order chi connectivity index (χ1) is 7.89. The highest BCUT2D eigenvalue weighted by Gasteiger charge is 2.29. The number of sulfone groups is 1. The molecular weight excluding hydrogens is 264 g/mol. The van der Waals surface area contributed by atoms with Crippen molar-refractivity contribution in [2.24, 2.45) is 0 Å². The van der Waals surface area contributed by atoms with E-state index >= 15 is 0 Å². The molecular formula is C10H10O5S2. The maximum absolute atomic E-state index is 11.7. The normalized spacial score (nSPS) is 18.7. The molecule has 0 spiro atoms. The third kappa shape index (κ3) is 2.86. The van der Waals surface area contributed by atoms with Crippen molar-refractivity contribution in [3.8, 4) is 5.75 Å². The summed E-state index contributed by atoms with van der Waals surface area (Å²) in [5, 5.41) is 0.769. The zero-order valence-electron chi connectivity index (χ0n) is 8.74. The van der Waals surface area contributed by atoms with Crippen LogP contribution < -0.4 is 4.18 Å². The number of rotatable bonds is 3. The van der Waals surface area contributed by atoms with Gasteiger partial charge in [0.25, 0.3) is 0 Å². The Hall–Kier alpha value is -1.34. The molecule has 0 N–H and O–H groups in total. The zero-order valence-corrected chi connectivity index (χ0v) is 10.4. The van der Waals surface area contributed by atoms with Crippen molar-refractivity contribution in [2.45, 2.75) is 6.42 Å². The van der Waals surface area contributed by atoms with Gasteiger partial charge in [-0.25, -0.2) is 8.42 Å². The maximum Gasteiger partial charge on any atom is 0.336 e. The van der Waals surface area contributed by atoms with E-state index in [1.54, 1.807) is 18.2 Å². The zero-order chi connectivity index (χ0) is 12.5. The van der Waals surface area contributed by atoms with Crippen LogP contribution >= 0.6 is 0 Å². The van der Waals surface area contributed by atoms with Gasteiger partial charge in [-0.3, -0.25) is 0 Å². The summed E-state index contributed by atoms with van der Waals surface area (Å²) >= 11 is 0. The molecule has 0 saturated heterocycles. The van der Waals surface area contributed by atoms with Crippen molar-refractivity contribution in [1.29, 1.82) is 0 Å². The molecule has 0 unspecified atom stereocenters. The van der Waals surface area contributed by atoms with Crippen LogP contribution in [0, 0.1) is 0 Å². The lowest BCUT2D eigenvalue weighted by molar-refractivity contribution is 0.492. The van der Waals surface area contributed by atoms with Gasteiger partial charge in [-0.05, 0) is 12.1 Å². The molecule has 1 aliphatic rings. The molecule has 0 aliphatic carbocycles. The second-order valence-electron chi connectivity index (χ2n) is 3.55. The van der Waals surface area contributed by atoms with Crippen LogP contribution in [-0.4, -0.2) is 22.6 Å². The van der Waals surface area contributed by atoms with E-state index in [1.165, 1.54) is 12.1 Å². The van der Waals surface area contributed by atoms with Crippen LogP contribution in [0.3, 0.4) is 0 Å². The van der Waals surface area contributed by atoms with E-state index in [-0.39, 0.29) is 22.8 Å². The van der Waals surface area contributed by atoms with Crippen molar-refractivity contribution in [3.05, 3.63) is 40.6 Å². The number of hydrogen-bond donors (Lipinski definition) is 0. The van der Waals surface area contributed by atoms with E-state index in [4.69, 9.17) is 4.18 Å². The molecule has 17 heavy (non-hydrogen) atoms. The van der Waals surface area contributed by atoms with Gasteiger partial charge >= 0.3 is 10.1 Å². The van der Waals surface area contributed by atoms with Gasteiger partial charge in [0, 0.05) is 11.8 Å². The molecule has 1 heterocycles. The van der Waals surface area contributed by atoms with E-state index in [0.29, 0.717) is 0 Å². The van der Waals surface area contributed by atoms with E-state index in [1.807, 2.05) is 0 Å². The second-order valence-corrected chi connectivity index (χ2v) is 7.12. The molecule has 0 fully saturated rings. The topological polar surface area (TPSA) is 77.5 Å². The number of para-hydroxylation sites is 1. The predicted molar refractivity (Wildman–Crippen MR) is 62.5 cm³/mol. The van der Waals surface area contributed by atoms with E-state index in [9.17, 15) is 16.8 Å². The van der Waals surface area contributed by atoms with Crippen LogP contribution in [0.4, 0.5) is 0 Å². The summed E-state index contributed by atoms with van der Waals surface area (Å²) in [6.45, 7) is 0. The summed E-state index contributed by atoms with van der Waals surface area (Å²) in [6.07, 6.45) is -0.0303. The molecule has 0 radical (unpaired) electrons. The monoisotopic (exact) mass is 274 g/mol. The summed E-state index contributed by atoms with van der Waals surface area (Å²) in [5.41, 5.74) is 0. The van der Waals surface area contributed by atoms with Crippen molar-refractivity contribution < 1.29 is 21.0 Å². The minimum Gasteiger partial charge on any atom is -0.379 e. The van der Waals surface area contributed by atoms with Crippen LogP contribution in [0.1, 0.15) is 6.42 Å². The molecule has 7 heteroatoms. The van der Waals surface area contributed by atoms with Crippen molar-refractivity contribution >= 4 is 20.0 Å². The van der Waals surface area contributed by atoms with Crippen LogP contribution in [0.2, 0.25) is 0 Å². The molecule has 1 aromatic rings. The molecule has 1 aromatic carbocycles. The standard InChI is InChI=1S/C10H10O5S2/c11-16(12)7-6-10(8-16)17(13,14)15-9-4-2-1-3-5-9/h1-5,8H,6-7H2. The summed E-state index contributed by atoms with van der Waals surface area (Å²) in [5.74, 6) is -0.0163. The molecule has 92 valence electrons. The minimum atomic E-state index is -4.00. The van der Waals surface area contributed by atoms with Crippen molar-refractivity contribution in [3.63, 3.8) is 0 Å². The fourth-order valence-corrected chi connectivity index (χ4v) is 4.41. The Labute approximate surface area is 99.8 Å². The van der Waals surface area contributed by atoms with Gasteiger partial charge in [0.15, 0.2) is 9.84 Å². The predicted octanol–water partition coefficient (Wildman–Crippen LogP) is 1.06. The summed E-state index contributed by atoms with van der Waals surface area (Å²) in [6, 6.07) is 7.96. The fraction of sp³-hybridized carbons (Fsp3) is 0.200. The lowest BCUT2D eigenvalue weighted by Crippen LogP contribution is -2.10. The molecule has 2 rings (SSSR count). The fourth-order valence-electron chi connectivity index (χ4n) is 1.40. The average molecular weight is 274 g/mol. The molecule has 0 bridgehead atoms. The summed E-state index contributed by atoms with van der Waals surface area (Å²) in [4.78, 5) is -0.193. The largest absolute Gasteiger partial charge is 0.379 e. The van der Waals surface area contributed by atoms with Crippen LogP contribution in [0.5, 0.6) is 5.75 Å².